The lowest BCUT2D eigenvalue weighted by Crippen LogP contribution is -2.43. The molecule has 0 spiro atoms. The molecule has 0 bridgehead atoms. The first-order chi connectivity index (χ1) is 7.45. The van der Waals surface area contributed by atoms with Crippen LogP contribution in [-0.4, -0.2) is 43.1 Å². The summed E-state index contributed by atoms with van der Waals surface area (Å²) in [4.78, 5) is 6.74. The van der Waals surface area contributed by atoms with E-state index in [4.69, 9.17) is 0 Å². The monoisotopic (exact) mass is 208 g/mol. The molecule has 4 heteroatoms. The lowest BCUT2D eigenvalue weighted by Gasteiger charge is -2.26. The van der Waals surface area contributed by atoms with E-state index in [0.29, 0.717) is 0 Å². The molecule has 1 aromatic heterocycles. The number of nitrogens with one attached hydrogen (secondary N) is 1. The molecule has 1 aliphatic heterocycles. The zero-order chi connectivity index (χ0) is 10.9. The summed E-state index contributed by atoms with van der Waals surface area (Å²) in [7, 11) is 1.50. The quantitative estimate of drug-likeness (QED) is 0.722. The van der Waals surface area contributed by atoms with Gasteiger partial charge in [0.25, 0.3) is 0 Å². The van der Waals surface area contributed by atoms with Gasteiger partial charge >= 0.3 is 0 Å². The van der Waals surface area contributed by atoms with Crippen LogP contribution < -0.4 is 11.1 Å². The van der Waals surface area contributed by atoms with Gasteiger partial charge in [-0.2, -0.15) is 0 Å². The highest BCUT2D eigenvalue weighted by Gasteiger charge is 2.09. The summed E-state index contributed by atoms with van der Waals surface area (Å²) in [6.07, 6.45) is 1.86. The molecular weight excluding hydrogens is 188 g/mol. The van der Waals surface area contributed by atoms with Gasteiger partial charge in [-0.25, -0.2) is 0 Å². The number of aromatic nitrogens is 1. The number of rotatable bonds is 2. The van der Waals surface area contributed by atoms with Gasteiger partial charge in [-0.15, -0.1) is 0 Å². The molecule has 0 saturated carbocycles. The second-order valence-electron chi connectivity index (χ2n) is 3.35. The van der Waals surface area contributed by atoms with Crippen LogP contribution in [0.4, 0.5) is 0 Å². The van der Waals surface area contributed by atoms with Crippen LogP contribution in [-0.2, 0) is 6.54 Å². The topological polar surface area (TPSA) is 54.2 Å². The van der Waals surface area contributed by atoms with Crippen molar-refractivity contribution in [1.29, 1.82) is 0 Å². The van der Waals surface area contributed by atoms with E-state index in [9.17, 15) is 0 Å². The Hall–Kier alpha value is -0.970. The number of piperazine rings is 1. The molecule has 0 amide bonds. The molecule has 0 aromatic carbocycles. The fourth-order valence-corrected chi connectivity index (χ4v) is 1.59. The number of nitrogens with zero attached hydrogens (tertiary/aromatic N) is 2. The Morgan fingerprint density at radius 1 is 1.33 bits per heavy atom. The van der Waals surface area contributed by atoms with Gasteiger partial charge in [0.2, 0.25) is 0 Å². The van der Waals surface area contributed by atoms with Crippen LogP contribution in [0.15, 0.2) is 24.4 Å². The zero-order valence-corrected chi connectivity index (χ0v) is 9.32. The first kappa shape index (κ1) is 12.1. The lowest BCUT2D eigenvalue weighted by molar-refractivity contribution is 0.231. The summed E-state index contributed by atoms with van der Waals surface area (Å²) in [5, 5.41) is 3.34. The average molecular weight is 208 g/mol. The van der Waals surface area contributed by atoms with Gasteiger partial charge in [0.15, 0.2) is 0 Å². The standard InChI is InChI=1S/C10H15N3.CH5N/c1-2-4-12-10(3-1)9-13-7-5-11-6-8-13;1-2/h1-4,11H,5-9H2;2H2,1H3. The van der Waals surface area contributed by atoms with Crippen LogP contribution in [0.3, 0.4) is 0 Å². The van der Waals surface area contributed by atoms with Crippen molar-refractivity contribution in [3.8, 4) is 0 Å². The van der Waals surface area contributed by atoms with Gasteiger partial charge in [-0.1, -0.05) is 6.07 Å². The molecule has 0 unspecified atom stereocenters. The minimum absolute atomic E-state index is 0.989. The van der Waals surface area contributed by atoms with Crippen molar-refractivity contribution in [2.75, 3.05) is 33.2 Å². The van der Waals surface area contributed by atoms with Crippen molar-refractivity contribution in [2.24, 2.45) is 5.73 Å². The normalized spacial score (nSPS) is 16.7. The Morgan fingerprint density at radius 3 is 2.67 bits per heavy atom. The Kier molecular flexibility index (Phi) is 5.92. The van der Waals surface area contributed by atoms with E-state index < -0.39 is 0 Å². The Bertz CT molecular complexity index is 244. The molecule has 0 aliphatic carbocycles. The highest BCUT2D eigenvalue weighted by molar-refractivity contribution is 5.03. The molecule has 2 rings (SSSR count). The minimum atomic E-state index is 0.989. The van der Waals surface area contributed by atoms with Crippen LogP contribution in [0, 0.1) is 0 Å². The predicted molar refractivity (Wildman–Crippen MR) is 62.5 cm³/mol. The molecule has 1 aliphatic rings. The van der Waals surface area contributed by atoms with Crippen LogP contribution in [0.1, 0.15) is 5.69 Å². The zero-order valence-electron chi connectivity index (χ0n) is 9.32. The molecule has 84 valence electrons. The van der Waals surface area contributed by atoms with Gasteiger partial charge in [-0.05, 0) is 19.2 Å². The van der Waals surface area contributed by atoms with E-state index in [0.717, 1.165) is 32.7 Å². The van der Waals surface area contributed by atoms with E-state index in [1.807, 2.05) is 18.3 Å². The largest absolute Gasteiger partial charge is 0.333 e. The van der Waals surface area contributed by atoms with E-state index in [1.165, 1.54) is 12.7 Å². The smallest absolute Gasteiger partial charge is 0.0543 e. The third-order valence-corrected chi connectivity index (χ3v) is 2.32. The third kappa shape index (κ3) is 4.38. The van der Waals surface area contributed by atoms with E-state index in [-0.39, 0.29) is 0 Å². The number of nitrogens with two attached hydrogens (primary N) is 1. The Labute approximate surface area is 91.5 Å². The van der Waals surface area contributed by atoms with E-state index >= 15 is 0 Å². The average Bonchev–Trinajstić information content (AvgIpc) is 2.34. The fourth-order valence-electron chi connectivity index (χ4n) is 1.59. The molecule has 1 saturated heterocycles. The molecule has 1 fully saturated rings. The number of hydrogen-bond acceptors (Lipinski definition) is 4. The maximum absolute atomic E-state index is 4.50. The van der Waals surface area contributed by atoms with Gasteiger partial charge in [0.1, 0.15) is 0 Å². The van der Waals surface area contributed by atoms with Gasteiger partial charge in [0.05, 0.1) is 5.69 Å². The number of pyridine rings is 1. The Balaban J connectivity index is 0.000000531. The maximum atomic E-state index is 4.50. The van der Waals surface area contributed by atoms with Crippen LogP contribution in [0.5, 0.6) is 0 Å². The summed E-state index contributed by atoms with van der Waals surface area (Å²) >= 11 is 0. The minimum Gasteiger partial charge on any atom is -0.333 e. The van der Waals surface area contributed by atoms with Crippen LogP contribution >= 0.6 is 0 Å². The fraction of sp³-hybridized carbons (Fsp3) is 0.545. The van der Waals surface area contributed by atoms with Crippen molar-refractivity contribution in [2.45, 2.75) is 6.54 Å². The van der Waals surface area contributed by atoms with Crippen molar-refractivity contribution in [1.82, 2.24) is 15.2 Å². The first-order valence-electron chi connectivity index (χ1n) is 5.36. The summed E-state index contributed by atoms with van der Waals surface area (Å²) in [6, 6.07) is 6.09. The van der Waals surface area contributed by atoms with Gasteiger partial charge in [0, 0.05) is 38.9 Å². The molecule has 1 aromatic rings. The van der Waals surface area contributed by atoms with Gasteiger partial charge < -0.3 is 11.1 Å². The SMILES string of the molecule is CN.c1ccc(CN2CCNCC2)nc1. The molecule has 3 N–H and O–H groups in total. The third-order valence-electron chi connectivity index (χ3n) is 2.32. The van der Waals surface area contributed by atoms with E-state index in [1.54, 1.807) is 0 Å². The maximum Gasteiger partial charge on any atom is 0.0543 e. The van der Waals surface area contributed by atoms with Crippen molar-refractivity contribution < 1.29 is 0 Å². The van der Waals surface area contributed by atoms with Crippen molar-refractivity contribution >= 4 is 0 Å². The van der Waals surface area contributed by atoms with E-state index in [2.05, 4.69) is 27.0 Å². The van der Waals surface area contributed by atoms with Crippen LogP contribution in [0.2, 0.25) is 0 Å². The second kappa shape index (κ2) is 7.34. The summed E-state index contributed by atoms with van der Waals surface area (Å²) < 4.78 is 0. The van der Waals surface area contributed by atoms with Crippen LogP contribution in [0.25, 0.3) is 0 Å². The highest BCUT2D eigenvalue weighted by atomic mass is 15.2. The molecule has 4 nitrogen and oxygen atoms in total. The lowest BCUT2D eigenvalue weighted by atomic mass is 10.3. The van der Waals surface area contributed by atoms with Crippen molar-refractivity contribution in [3.05, 3.63) is 30.1 Å². The number of hydrogen-bond donors (Lipinski definition) is 2. The molecule has 2 heterocycles. The summed E-state index contributed by atoms with van der Waals surface area (Å²) in [5.74, 6) is 0. The first-order valence-corrected chi connectivity index (χ1v) is 5.36. The highest BCUT2D eigenvalue weighted by Crippen LogP contribution is 2.01. The second-order valence-corrected chi connectivity index (χ2v) is 3.35. The molecular formula is C11H20N4. The Morgan fingerprint density at radius 2 is 2.07 bits per heavy atom. The van der Waals surface area contributed by atoms with Gasteiger partial charge in [-0.3, -0.25) is 9.88 Å². The molecule has 0 radical (unpaired) electrons. The molecule has 15 heavy (non-hydrogen) atoms. The predicted octanol–water partition coefficient (Wildman–Crippen LogP) is 0.0617. The molecule has 0 atom stereocenters. The van der Waals surface area contributed by atoms with Crippen molar-refractivity contribution in [3.63, 3.8) is 0 Å². The summed E-state index contributed by atoms with van der Waals surface area (Å²) in [5.41, 5.74) is 5.67. The summed E-state index contributed by atoms with van der Waals surface area (Å²) in [6.45, 7) is 5.47.